The van der Waals surface area contributed by atoms with Crippen LogP contribution in [0.25, 0.3) is 0 Å². The van der Waals surface area contributed by atoms with Crippen LogP contribution >= 0.6 is 11.6 Å². The molecule has 3 rings (SSSR count). The van der Waals surface area contributed by atoms with Gasteiger partial charge in [-0.05, 0) is 42.0 Å². The second kappa shape index (κ2) is 7.12. The van der Waals surface area contributed by atoms with Gasteiger partial charge >= 0.3 is 0 Å². The number of halogens is 1. The SMILES string of the molecule is O=C(c1ccc(Cl)cc1)c1ccc(COc2ccccc2)cc1. The summed E-state index contributed by atoms with van der Waals surface area (Å²) >= 11 is 5.84. The van der Waals surface area contributed by atoms with Gasteiger partial charge in [0.1, 0.15) is 12.4 Å². The molecule has 0 aliphatic heterocycles. The van der Waals surface area contributed by atoms with Crippen molar-refractivity contribution in [2.45, 2.75) is 6.61 Å². The van der Waals surface area contributed by atoms with Crippen molar-refractivity contribution in [3.8, 4) is 5.75 Å². The third-order valence-corrected chi connectivity index (χ3v) is 3.72. The van der Waals surface area contributed by atoms with Gasteiger partial charge in [0.15, 0.2) is 5.78 Å². The average molecular weight is 323 g/mol. The van der Waals surface area contributed by atoms with E-state index in [0.29, 0.717) is 22.8 Å². The standard InChI is InChI=1S/C20H15ClO2/c21-18-12-10-17(11-13-18)20(22)16-8-6-15(7-9-16)14-23-19-4-2-1-3-5-19/h1-13H,14H2. The van der Waals surface area contributed by atoms with Gasteiger partial charge < -0.3 is 4.74 Å². The lowest BCUT2D eigenvalue weighted by Crippen LogP contribution is -2.02. The summed E-state index contributed by atoms with van der Waals surface area (Å²) in [6.07, 6.45) is 0. The van der Waals surface area contributed by atoms with Crippen LogP contribution in [0.4, 0.5) is 0 Å². The number of hydrogen-bond acceptors (Lipinski definition) is 2. The van der Waals surface area contributed by atoms with Crippen molar-refractivity contribution in [1.82, 2.24) is 0 Å². The van der Waals surface area contributed by atoms with Crippen molar-refractivity contribution >= 4 is 17.4 Å². The Morgan fingerprint density at radius 1 is 0.783 bits per heavy atom. The monoisotopic (exact) mass is 322 g/mol. The Bertz CT molecular complexity index is 778. The molecule has 0 atom stereocenters. The molecule has 0 aliphatic rings. The molecule has 0 bridgehead atoms. The van der Waals surface area contributed by atoms with Gasteiger partial charge in [0, 0.05) is 16.1 Å². The van der Waals surface area contributed by atoms with Gasteiger partial charge in [0.25, 0.3) is 0 Å². The molecule has 0 spiro atoms. The summed E-state index contributed by atoms with van der Waals surface area (Å²) in [4.78, 5) is 12.4. The molecule has 0 heterocycles. The largest absolute Gasteiger partial charge is 0.489 e. The normalized spacial score (nSPS) is 10.3. The molecule has 0 saturated heterocycles. The zero-order chi connectivity index (χ0) is 16.1. The highest BCUT2D eigenvalue weighted by molar-refractivity contribution is 6.30. The van der Waals surface area contributed by atoms with E-state index in [-0.39, 0.29) is 5.78 Å². The van der Waals surface area contributed by atoms with Crippen molar-refractivity contribution in [2.75, 3.05) is 0 Å². The third kappa shape index (κ3) is 3.99. The maximum Gasteiger partial charge on any atom is 0.193 e. The van der Waals surface area contributed by atoms with E-state index in [1.165, 1.54) is 0 Å². The molecule has 2 nitrogen and oxygen atoms in total. The van der Waals surface area contributed by atoms with Crippen molar-refractivity contribution in [1.29, 1.82) is 0 Å². The summed E-state index contributed by atoms with van der Waals surface area (Å²) < 4.78 is 5.69. The summed E-state index contributed by atoms with van der Waals surface area (Å²) in [5.41, 5.74) is 2.29. The van der Waals surface area contributed by atoms with Crippen LogP contribution in [0, 0.1) is 0 Å². The van der Waals surface area contributed by atoms with Crippen LogP contribution < -0.4 is 4.74 Å². The zero-order valence-corrected chi connectivity index (χ0v) is 13.2. The number of rotatable bonds is 5. The quantitative estimate of drug-likeness (QED) is 0.607. The second-order valence-electron chi connectivity index (χ2n) is 5.13. The van der Waals surface area contributed by atoms with E-state index in [2.05, 4.69) is 0 Å². The van der Waals surface area contributed by atoms with Crippen LogP contribution in [-0.4, -0.2) is 5.78 Å². The van der Waals surface area contributed by atoms with Gasteiger partial charge in [-0.2, -0.15) is 0 Å². The smallest absolute Gasteiger partial charge is 0.193 e. The highest BCUT2D eigenvalue weighted by Gasteiger charge is 2.08. The van der Waals surface area contributed by atoms with Gasteiger partial charge in [0.2, 0.25) is 0 Å². The lowest BCUT2D eigenvalue weighted by atomic mass is 10.0. The van der Waals surface area contributed by atoms with Crippen molar-refractivity contribution in [3.63, 3.8) is 0 Å². The maximum absolute atomic E-state index is 12.4. The van der Waals surface area contributed by atoms with Crippen LogP contribution in [0.5, 0.6) is 5.75 Å². The first-order chi connectivity index (χ1) is 11.2. The Hall–Kier alpha value is -2.58. The van der Waals surface area contributed by atoms with E-state index in [9.17, 15) is 4.79 Å². The molecule has 114 valence electrons. The fraction of sp³-hybridized carbons (Fsp3) is 0.0500. The van der Waals surface area contributed by atoms with E-state index in [1.54, 1.807) is 24.3 Å². The van der Waals surface area contributed by atoms with Gasteiger partial charge in [-0.25, -0.2) is 0 Å². The fourth-order valence-corrected chi connectivity index (χ4v) is 2.33. The number of hydrogen-bond donors (Lipinski definition) is 0. The predicted molar refractivity (Wildman–Crippen MR) is 92.1 cm³/mol. The first-order valence-electron chi connectivity index (χ1n) is 7.29. The number of carbonyl (C=O) groups excluding carboxylic acids is 1. The van der Waals surface area contributed by atoms with Crippen LogP contribution in [0.15, 0.2) is 78.9 Å². The molecule has 0 fully saturated rings. The van der Waals surface area contributed by atoms with Gasteiger partial charge in [0.05, 0.1) is 0 Å². The topological polar surface area (TPSA) is 26.3 Å². The Balaban J connectivity index is 1.67. The second-order valence-corrected chi connectivity index (χ2v) is 5.57. The highest BCUT2D eigenvalue weighted by Crippen LogP contribution is 2.16. The molecule has 0 saturated carbocycles. The van der Waals surface area contributed by atoms with E-state index in [0.717, 1.165) is 11.3 Å². The number of benzene rings is 3. The van der Waals surface area contributed by atoms with Crippen LogP contribution in [0.1, 0.15) is 21.5 Å². The van der Waals surface area contributed by atoms with Gasteiger partial charge in [-0.3, -0.25) is 4.79 Å². The van der Waals surface area contributed by atoms with E-state index in [1.807, 2.05) is 54.6 Å². The Morgan fingerprint density at radius 2 is 1.35 bits per heavy atom. The predicted octanol–water partition coefficient (Wildman–Crippen LogP) is 5.15. The first-order valence-corrected chi connectivity index (χ1v) is 7.67. The molecular formula is C20H15ClO2. The summed E-state index contributed by atoms with van der Waals surface area (Å²) in [6.45, 7) is 0.472. The summed E-state index contributed by atoms with van der Waals surface area (Å²) in [5, 5.41) is 0.620. The van der Waals surface area contributed by atoms with Crippen LogP contribution in [-0.2, 0) is 6.61 Å². The molecule has 23 heavy (non-hydrogen) atoms. The minimum absolute atomic E-state index is 0.0165. The molecule has 0 amide bonds. The van der Waals surface area contributed by atoms with Gasteiger partial charge in [-0.15, -0.1) is 0 Å². The molecule has 0 radical (unpaired) electrons. The zero-order valence-electron chi connectivity index (χ0n) is 12.4. The highest BCUT2D eigenvalue weighted by atomic mass is 35.5. The first kappa shape index (κ1) is 15.3. The molecule has 0 N–H and O–H groups in total. The van der Waals surface area contributed by atoms with E-state index in [4.69, 9.17) is 16.3 Å². The van der Waals surface area contributed by atoms with Crippen molar-refractivity contribution in [3.05, 3.63) is 101 Å². The molecular weight excluding hydrogens is 308 g/mol. The summed E-state index contributed by atoms with van der Waals surface area (Å²) in [5.74, 6) is 0.811. The van der Waals surface area contributed by atoms with Crippen molar-refractivity contribution in [2.24, 2.45) is 0 Å². The van der Waals surface area contributed by atoms with Crippen LogP contribution in [0.2, 0.25) is 5.02 Å². The Labute approximate surface area is 140 Å². The summed E-state index contributed by atoms with van der Waals surface area (Å²) in [6, 6.07) is 24.0. The molecule has 0 unspecified atom stereocenters. The average Bonchev–Trinajstić information content (AvgIpc) is 2.61. The fourth-order valence-electron chi connectivity index (χ4n) is 2.20. The Morgan fingerprint density at radius 3 is 1.96 bits per heavy atom. The molecule has 3 aromatic rings. The number of para-hydroxylation sites is 1. The molecule has 0 aliphatic carbocycles. The molecule has 0 aromatic heterocycles. The lowest BCUT2D eigenvalue weighted by molar-refractivity contribution is 0.103. The van der Waals surface area contributed by atoms with E-state index < -0.39 is 0 Å². The number of carbonyl (C=O) groups is 1. The molecule has 3 aromatic carbocycles. The van der Waals surface area contributed by atoms with Crippen molar-refractivity contribution < 1.29 is 9.53 Å². The number of ether oxygens (including phenoxy) is 1. The third-order valence-electron chi connectivity index (χ3n) is 3.47. The van der Waals surface area contributed by atoms with E-state index >= 15 is 0 Å². The molecule has 3 heteroatoms. The number of ketones is 1. The minimum atomic E-state index is -0.0165. The lowest BCUT2D eigenvalue weighted by Gasteiger charge is -2.07. The summed E-state index contributed by atoms with van der Waals surface area (Å²) in [7, 11) is 0. The maximum atomic E-state index is 12.4. The van der Waals surface area contributed by atoms with Crippen LogP contribution in [0.3, 0.4) is 0 Å². The van der Waals surface area contributed by atoms with Gasteiger partial charge in [-0.1, -0.05) is 54.1 Å². The minimum Gasteiger partial charge on any atom is -0.489 e. The Kier molecular flexibility index (Phi) is 4.74.